The molecule has 8 nitrogen and oxygen atoms in total. The normalized spacial score (nSPS) is 18.5. The zero-order valence-corrected chi connectivity index (χ0v) is 16.3. The van der Waals surface area contributed by atoms with Gasteiger partial charge in [-0.15, -0.1) is 0 Å². The Hall–Kier alpha value is -0.900. The van der Waals surface area contributed by atoms with Gasteiger partial charge in [0.15, 0.2) is 5.96 Å². The molecule has 1 heterocycles. The summed E-state index contributed by atoms with van der Waals surface area (Å²) < 4.78 is 38.2. The summed E-state index contributed by atoms with van der Waals surface area (Å²) in [5.74, 6) is 1.33. The fourth-order valence-corrected chi connectivity index (χ4v) is 2.64. The van der Waals surface area contributed by atoms with Crippen LogP contribution in [-0.4, -0.2) is 85.7 Å². The Morgan fingerprint density at radius 1 is 1.24 bits per heavy atom. The van der Waals surface area contributed by atoms with Crippen LogP contribution in [0.3, 0.4) is 0 Å². The van der Waals surface area contributed by atoms with Gasteiger partial charge in [-0.05, 0) is 19.8 Å². The molecule has 0 aromatic carbocycles. The minimum Gasteiger partial charge on any atom is -0.381 e. The molecule has 0 aromatic rings. The van der Waals surface area contributed by atoms with Crippen molar-refractivity contribution < 1.29 is 22.6 Å². The van der Waals surface area contributed by atoms with Crippen LogP contribution < -0.4 is 10.6 Å². The third kappa shape index (κ3) is 13.0. The highest BCUT2D eigenvalue weighted by molar-refractivity contribution is 7.90. The van der Waals surface area contributed by atoms with Crippen molar-refractivity contribution in [2.45, 2.75) is 19.8 Å². The lowest BCUT2D eigenvalue weighted by Gasteiger charge is -2.12. The molecule has 0 aromatic heterocycles. The summed E-state index contributed by atoms with van der Waals surface area (Å²) in [4.78, 5) is 4.48. The van der Waals surface area contributed by atoms with Crippen LogP contribution >= 0.6 is 0 Å². The van der Waals surface area contributed by atoms with E-state index in [0.717, 1.165) is 45.2 Å². The van der Waals surface area contributed by atoms with Crippen molar-refractivity contribution in [3.8, 4) is 0 Å². The van der Waals surface area contributed by atoms with E-state index in [9.17, 15) is 8.42 Å². The van der Waals surface area contributed by atoms with Gasteiger partial charge < -0.3 is 24.8 Å². The van der Waals surface area contributed by atoms with Crippen molar-refractivity contribution in [2.24, 2.45) is 10.9 Å². The van der Waals surface area contributed by atoms with Crippen LogP contribution in [0, 0.1) is 5.92 Å². The average molecular weight is 380 g/mol. The zero-order valence-electron chi connectivity index (χ0n) is 15.5. The van der Waals surface area contributed by atoms with Crippen LogP contribution in [-0.2, 0) is 24.0 Å². The molecule has 1 saturated heterocycles. The van der Waals surface area contributed by atoms with E-state index in [1.165, 1.54) is 6.26 Å². The first-order chi connectivity index (χ1) is 12.0. The Morgan fingerprint density at radius 2 is 2.08 bits per heavy atom. The van der Waals surface area contributed by atoms with Gasteiger partial charge in [-0.3, -0.25) is 4.99 Å². The predicted molar refractivity (Wildman–Crippen MR) is 98.9 cm³/mol. The average Bonchev–Trinajstić information content (AvgIpc) is 3.06. The molecular weight excluding hydrogens is 346 g/mol. The first kappa shape index (κ1) is 22.1. The van der Waals surface area contributed by atoms with E-state index in [1.807, 2.05) is 6.92 Å². The van der Waals surface area contributed by atoms with Crippen molar-refractivity contribution in [3.05, 3.63) is 0 Å². The lowest BCUT2D eigenvalue weighted by molar-refractivity contribution is 0.0893. The lowest BCUT2D eigenvalue weighted by atomic mass is 10.1. The number of ether oxygens (including phenoxy) is 3. The second kappa shape index (κ2) is 13.3. The van der Waals surface area contributed by atoms with Gasteiger partial charge in [-0.2, -0.15) is 0 Å². The number of nitrogens with one attached hydrogen (secondary N) is 2. The van der Waals surface area contributed by atoms with Crippen molar-refractivity contribution in [3.63, 3.8) is 0 Å². The highest BCUT2D eigenvalue weighted by Crippen LogP contribution is 2.12. The van der Waals surface area contributed by atoms with E-state index >= 15 is 0 Å². The Balaban J connectivity index is 2.05. The molecule has 1 unspecified atom stereocenters. The Morgan fingerprint density at radius 3 is 2.76 bits per heavy atom. The van der Waals surface area contributed by atoms with Crippen LogP contribution in [0.25, 0.3) is 0 Å². The predicted octanol–water partition coefficient (Wildman–Crippen LogP) is 0.0459. The van der Waals surface area contributed by atoms with Crippen molar-refractivity contribution in [1.29, 1.82) is 0 Å². The van der Waals surface area contributed by atoms with Gasteiger partial charge in [0.2, 0.25) is 0 Å². The molecule has 0 saturated carbocycles. The summed E-state index contributed by atoms with van der Waals surface area (Å²) in [6.45, 7) is 7.85. The first-order valence-electron chi connectivity index (χ1n) is 8.94. The molecule has 0 amide bonds. The van der Waals surface area contributed by atoms with E-state index in [1.54, 1.807) is 0 Å². The summed E-state index contributed by atoms with van der Waals surface area (Å²) in [5, 5.41) is 6.32. The maximum absolute atomic E-state index is 11.0. The van der Waals surface area contributed by atoms with Crippen molar-refractivity contribution in [1.82, 2.24) is 10.6 Å². The van der Waals surface area contributed by atoms with Gasteiger partial charge in [-0.1, -0.05) is 0 Å². The van der Waals surface area contributed by atoms with Gasteiger partial charge in [0.25, 0.3) is 0 Å². The van der Waals surface area contributed by atoms with Crippen LogP contribution in [0.1, 0.15) is 19.8 Å². The van der Waals surface area contributed by atoms with Crippen LogP contribution in [0.2, 0.25) is 0 Å². The zero-order chi connectivity index (χ0) is 18.4. The second-order valence-electron chi connectivity index (χ2n) is 6.09. The molecule has 1 fully saturated rings. The second-order valence-corrected chi connectivity index (χ2v) is 8.35. The molecule has 1 atom stereocenters. The number of hydrogen-bond acceptors (Lipinski definition) is 6. The molecule has 2 N–H and O–H groups in total. The molecule has 1 aliphatic rings. The molecule has 9 heteroatoms. The van der Waals surface area contributed by atoms with Gasteiger partial charge >= 0.3 is 0 Å². The van der Waals surface area contributed by atoms with Crippen LogP contribution in [0.4, 0.5) is 0 Å². The Labute approximate surface area is 151 Å². The summed E-state index contributed by atoms with van der Waals surface area (Å²) in [6.07, 6.45) is 3.17. The fourth-order valence-electron chi connectivity index (χ4n) is 2.22. The fraction of sp³-hybridized carbons (Fsp3) is 0.938. The number of nitrogens with zero attached hydrogens (tertiary/aromatic N) is 1. The monoisotopic (exact) mass is 379 g/mol. The number of hydrogen-bond donors (Lipinski definition) is 2. The third-order valence-corrected chi connectivity index (χ3v) is 4.48. The molecule has 0 bridgehead atoms. The standard InChI is InChI=1S/C16H33N3O5S/c1-3-17-16(19-7-10-22-11-12-25(2,20)21)18-6-4-8-23-13-15-5-9-24-14-15/h15H,3-14H2,1-2H3,(H2,17,18,19). The van der Waals surface area contributed by atoms with E-state index < -0.39 is 9.84 Å². The van der Waals surface area contributed by atoms with E-state index in [0.29, 0.717) is 32.2 Å². The molecule has 0 aliphatic carbocycles. The summed E-state index contributed by atoms with van der Waals surface area (Å²) in [5.41, 5.74) is 0. The summed E-state index contributed by atoms with van der Waals surface area (Å²) in [7, 11) is -2.96. The van der Waals surface area contributed by atoms with Crippen molar-refractivity contribution in [2.75, 3.05) is 71.3 Å². The largest absolute Gasteiger partial charge is 0.381 e. The van der Waals surface area contributed by atoms with Gasteiger partial charge in [0, 0.05) is 45.0 Å². The highest BCUT2D eigenvalue weighted by Gasteiger charge is 2.15. The summed E-state index contributed by atoms with van der Waals surface area (Å²) >= 11 is 0. The molecule has 0 radical (unpaired) electrons. The summed E-state index contributed by atoms with van der Waals surface area (Å²) in [6, 6.07) is 0. The lowest BCUT2D eigenvalue weighted by Crippen LogP contribution is -2.39. The third-order valence-electron chi connectivity index (χ3n) is 3.58. The molecule has 1 aliphatic heterocycles. The molecule has 1 rings (SSSR count). The molecular formula is C16H33N3O5S. The topological polar surface area (TPSA) is 98.2 Å². The van der Waals surface area contributed by atoms with E-state index in [-0.39, 0.29) is 12.4 Å². The Bertz CT molecular complexity index is 464. The van der Waals surface area contributed by atoms with Gasteiger partial charge in [-0.25, -0.2) is 8.42 Å². The smallest absolute Gasteiger partial charge is 0.191 e. The van der Waals surface area contributed by atoms with E-state index in [2.05, 4.69) is 15.6 Å². The van der Waals surface area contributed by atoms with E-state index in [4.69, 9.17) is 14.2 Å². The maximum Gasteiger partial charge on any atom is 0.191 e. The first-order valence-corrected chi connectivity index (χ1v) is 11.0. The maximum atomic E-state index is 11.0. The number of aliphatic imine (C=N–C) groups is 1. The highest BCUT2D eigenvalue weighted by atomic mass is 32.2. The van der Waals surface area contributed by atoms with Crippen LogP contribution in [0.15, 0.2) is 4.99 Å². The number of rotatable bonds is 13. The van der Waals surface area contributed by atoms with Gasteiger partial charge in [0.1, 0.15) is 9.84 Å². The number of guanidine groups is 1. The number of sulfone groups is 1. The molecule has 0 spiro atoms. The van der Waals surface area contributed by atoms with Crippen molar-refractivity contribution >= 4 is 15.8 Å². The molecule has 148 valence electrons. The quantitative estimate of drug-likeness (QED) is 0.265. The van der Waals surface area contributed by atoms with Crippen LogP contribution in [0.5, 0.6) is 0 Å². The minimum atomic E-state index is -2.96. The minimum absolute atomic E-state index is 0.0497. The van der Waals surface area contributed by atoms with Gasteiger partial charge in [0.05, 0.1) is 32.2 Å². The Kier molecular flexibility index (Phi) is 11.8. The molecule has 25 heavy (non-hydrogen) atoms. The SMILES string of the molecule is CCNC(=NCCCOCC1CCOC1)NCCOCCS(C)(=O)=O.